The minimum Gasteiger partial charge on any atom is -0.465 e. The van der Waals surface area contributed by atoms with Gasteiger partial charge in [-0.1, -0.05) is 42.0 Å². The molecule has 1 aliphatic carbocycles. The molecule has 138 valence electrons. The Kier molecular flexibility index (Phi) is 4.52. The molecular weight excluding hydrogens is 362 g/mol. The molecule has 0 bridgehead atoms. The number of allylic oxidation sites excluding steroid dienone is 1. The standard InChI is InChI=1S/C22H20ClNO3/c1-14-9-17-13-27-21(26)22(17,11-14)12-15-5-7-19(8-6-15)24-20(25)16-3-2-4-18(23)10-16/h2-8,10,17H,1,9,11-13H2,(H,24,25). The van der Waals surface area contributed by atoms with E-state index in [2.05, 4.69) is 11.9 Å². The molecule has 1 saturated carbocycles. The van der Waals surface area contributed by atoms with Gasteiger partial charge in [0.2, 0.25) is 0 Å². The van der Waals surface area contributed by atoms with Crippen LogP contribution in [0, 0.1) is 11.3 Å². The second kappa shape index (κ2) is 6.86. The SMILES string of the molecule is C=C1CC2COC(=O)C2(Cc2ccc(NC(=O)c3cccc(Cl)c3)cc2)C1. The smallest absolute Gasteiger partial charge is 0.313 e. The molecule has 2 unspecified atom stereocenters. The maximum Gasteiger partial charge on any atom is 0.313 e. The lowest BCUT2D eigenvalue weighted by atomic mass is 9.75. The lowest BCUT2D eigenvalue weighted by Gasteiger charge is -2.24. The van der Waals surface area contributed by atoms with Crippen LogP contribution in [0.15, 0.2) is 60.7 Å². The van der Waals surface area contributed by atoms with Crippen molar-refractivity contribution >= 4 is 29.2 Å². The molecule has 1 saturated heterocycles. The number of esters is 1. The first kappa shape index (κ1) is 17.8. The number of anilines is 1. The molecule has 2 aromatic rings. The number of hydrogen-bond acceptors (Lipinski definition) is 3. The van der Waals surface area contributed by atoms with Gasteiger partial charge in [-0.25, -0.2) is 0 Å². The third-order valence-corrected chi connectivity index (χ3v) is 5.76. The minimum absolute atomic E-state index is 0.107. The highest BCUT2D eigenvalue weighted by atomic mass is 35.5. The number of rotatable bonds is 4. The summed E-state index contributed by atoms with van der Waals surface area (Å²) in [7, 11) is 0. The van der Waals surface area contributed by atoms with E-state index < -0.39 is 5.41 Å². The number of carbonyl (C=O) groups is 2. The molecule has 5 heteroatoms. The van der Waals surface area contributed by atoms with Gasteiger partial charge >= 0.3 is 5.97 Å². The van der Waals surface area contributed by atoms with E-state index in [4.69, 9.17) is 16.3 Å². The molecule has 4 nitrogen and oxygen atoms in total. The monoisotopic (exact) mass is 381 g/mol. The quantitative estimate of drug-likeness (QED) is 0.619. The summed E-state index contributed by atoms with van der Waals surface area (Å²) in [5.74, 6) is -0.0976. The highest BCUT2D eigenvalue weighted by Crippen LogP contribution is 2.52. The summed E-state index contributed by atoms with van der Waals surface area (Å²) in [6.45, 7) is 4.57. The van der Waals surface area contributed by atoms with Gasteiger partial charge < -0.3 is 10.1 Å². The molecule has 2 aliphatic rings. The topological polar surface area (TPSA) is 55.4 Å². The Morgan fingerprint density at radius 1 is 1.26 bits per heavy atom. The molecule has 1 aliphatic heterocycles. The van der Waals surface area contributed by atoms with Gasteiger partial charge in [0.05, 0.1) is 12.0 Å². The lowest BCUT2D eigenvalue weighted by Crippen LogP contribution is -2.31. The van der Waals surface area contributed by atoms with E-state index in [0.717, 1.165) is 17.6 Å². The van der Waals surface area contributed by atoms with Crippen LogP contribution in [0.25, 0.3) is 0 Å². The summed E-state index contributed by atoms with van der Waals surface area (Å²) in [4.78, 5) is 24.7. The fraction of sp³-hybridized carbons (Fsp3) is 0.273. The molecule has 2 aromatic carbocycles. The van der Waals surface area contributed by atoms with Gasteiger partial charge in [-0.15, -0.1) is 0 Å². The van der Waals surface area contributed by atoms with E-state index in [9.17, 15) is 9.59 Å². The van der Waals surface area contributed by atoms with Crippen molar-refractivity contribution in [3.63, 3.8) is 0 Å². The Morgan fingerprint density at radius 2 is 2.04 bits per heavy atom. The lowest BCUT2D eigenvalue weighted by molar-refractivity contribution is -0.146. The third-order valence-electron chi connectivity index (χ3n) is 5.52. The molecule has 1 heterocycles. The summed E-state index contributed by atoms with van der Waals surface area (Å²) in [5.41, 5.74) is 2.91. The summed E-state index contributed by atoms with van der Waals surface area (Å²) in [6.07, 6.45) is 2.20. The van der Waals surface area contributed by atoms with E-state index >= 15 is 0 Å². The highest BCUT2D eigenvalue weighted by Gasteiger charge is 2.55. The second-order valence-electron chi connectivity index (χ2n) is 7.42. The van der Waals surface area contributed by atoms with Crippen LogP contribution >= 0.6 is 11.6 Å². The highest BCUT2D eigenvalue weighted by molar-refractivity contribution is 6.31. The van der Waals surface area contributed by atoms with E-state index in [1.165, 1.54) is 0 Å². The number of hydrogen-bond donors (Lipinski definition) is 1. The van der Waals surface area contributed by atoms with Crippen molar-refractivity contribution in [3.8, 4) is 0 Å². The molecule has 1 N–H and O–H groups in total. The number of amides is 1. The Hall–Kier alpha value is -2.59. The van der Waals surface area contributed by atoms with E-state index in [0.29, 0.717) is 35.7 Å². The van der Waals surface area contributed by atoms with Crippen LogP contribution < -0.4 is 5.32 Å². The average Bonchev–Trinajstić information content (AvgIpc) is 3.11. The van der Waals surface area contributed by atoms with Crippen molar-refractivity contribution in [1.29, 1.82) is 0 Å². The molecule has 0 radical (unpaired) electrons. The maximum atomic E-state index is 12.4. The summed E-state index contributed by atoms with van der Waals surface area (Å²) < 4.78 is 5.33. The van der Waals surface area contributed by atoms with Gasteiger partial charge in [-0.3, -0.25) is 9.59 Å². The van der Waals surface area contributed by atoms with Gasteiger partial charge in [0.15, 0.2) is 0 Å². The van der Waals surface area contributed by atoms with Crippen LogP contribution in [0.1, 0.15) is 28.8 Å². The molecule has 2 atom stereocenters. The second-order valence-corrected chi connectivity index (χ2v) is 7.86. The van der Waals surface area contributed by atoms with Crippen LogP contribution in [0.5, 0.6) is 0 Å². The van der Waals surface area contributed by atoms with Gasteiger partial charge in [-0.05, 0) is 55.2 Å². The van der Waals surface area contributed by atoms with Crippen LogP contribution in [-0.2, 0) is 16.0 Å². The van der Waals surface area contributed by atoms with Crippen molar-refractivity contribution in [1.82, 2.24) is 0 Å². The molecular formula is C22H20ClNO3. The van der Waals surface area contributed by atoms with Gasteiger partial charge in [0, 0.05) is 22.2 Å². The van der Waals surface area contributed by atoms with Crippen LogP contribution in [0.4, 0.5) is 5.69 Å². The molecule has 4 rings (SSSR count). The van der Waals surface area contributed by atoms with E-state index in [1.807, 2.05) is 24.3 Å². The van der Waals surface area contributed by atoms with Gasteiger partial charge in [-0.2, -0.15) is 0 Å². The Morgan fingerprint density at radius 3 is 2.78 bits per heavy atom. The first-order valence-electron chi connectivity index (χ1n) is 8.96. The zero-order valence-corrected chi connectivity index (χ0v) is 15.6. The van der Waals surface area contributed by atoms with Crippen LogP contribution in [0.3, 0.4) is 0 Å². The number of halogens is 1. The van der Waals surface area contributed by atoms with Crippen molar-refractivity contribution in [2.24, 2.45) is 11.3 Å². The molecule has 27 heavy (non-hydrogen) atoms. The fourth-order valence-electron chi connectivity index (χ4n) is 4.17. The van der Waals surface area contributed by atoms with Crippen LogP contribution in [-0.4, -0.2) is 18.5 Å². The first-order chi connectivity index (χ1) is 13.0. The number of benzene rings is 2. The van der Waals surface area contributed by atoms with Crippen LogP contribution in [0.2, 0.25) is 5.02 Å². The van der Waals surface area contributed by atoms with Crippen molar-refractivity contribution in [2.75, 3.05) is 11.9 Å². The Balaban J connectivity index is 1.47. The predicted molar refractivity (Wildman–Crippen MR) is 105 cm³/mol. The summed E-state index contributed by atoms with van der Waals surface area (Å²) in [6, 6.07) is 14.4. The van der Waals surface area contributed by atoms with E-state index in [1.54, 1.807) is 24.3 Å². The molecule has 0 spiro atoms. The number of fused-ring (bicyclic) bond motifs is 1. The van der Waals surface area contributed by atoms with E-state index in [-0.39, 0.29) is 17.8 Å². The van der Waals surface area contributed by atoms with Gasteiger partial charge in [0.1, 0.15) is 0 Å². The Bertz CT molecular complexity index is 921. The number of ether oxygens (including phenoxy) is 1. The number of cyclic esters (lactones) is 1. The average molecular weight is 382 g/mol. The predicted octanol–water partition coefficient (Wildman–Crippen LogP) is 4.64. The minimum atomic E-state index is -0.470. The normalized spacial score (nSPS) is 23.8. The zero-order chi connectivity index (χ0) is 19.0. The number of nitrogens with one attached hydrogen (secondary N) is 1. The molecule has 2 fully saturated rings. The maximum absolute atomic E-state index is 12.4. The van der Waals surface area contributed by atoms with Gasteiger partial charge in [0.25, 0.3) is 5.91 Å². The fourth-order valence-corrected chi connectivity index (χ4v) is 4.36. The van der Waals surface area contributed by atoms with Crippen molar-refractivity contribution < 1.29 is 14.3 Å². The van der Waals surface area contributed by atoms with Crippen molar-refractivity contribution in [3.05, 3.63) is 76.8 Å². The summed E-state index contributed by atoms with van der Waals surface area (Å²) in [5, 5.41) is 3.39. The first-order valence-corrected chi connectivity index (χ1v) is 9.34. The summed E-state index contributed by atoms with van der Waals surface area (Å²) >= 11 is 5.94. The largest absolute Gasteiger partial charge is 0.465 e. The number of carbonyl (C=O) groups excluding carboxylic acids is 2. The molecule has 0 aromatic heterocycles. The molecule has 1 amide bonds. The van der Waals surface area contributed by atoms with Crippen molar-refractivity contribution in [2.45, 2.75) is 19.3 Å². The Labute approximate surface area is 163 Å². The third kappa shape index (κ3) is 3.37. The zero-order valence-electron chi connectivity index (χ0n) is 14.8.